The molecule has 1 fully saturated rings. The van der Waals surface area contributed by atoms with Gasteiger partial charge in [-0.25, -0.2) is 4.98 Å². The summed E-state index contributed by atoms with van der Waals surface area (Å²) in [6.07, 6.45) is 1.51. The Balaban J connectivity index is 2.29. The van der Waals surface area contributed by atoms with Gasteiger partial charge >= 0.3 is 0 Å². The predicted molar refractivity (Wildman–Crippen MR) is 69.5 cm³/mol. The van der Waals surface area contributed by atoms with Gasteiger partial charge in [0.25, 0.3) is 5.91 Å². The number of piperazine rings is 1. The first-order valence-corrected chi connectivity index (χ1v) is 7.02. The van der Waals surface area contributed by atoms with E-state index in [-0.39, 0.29) is 11.8 Å². The number of aromatic nitrogens is 1. The van der Waals surface area contributed by atoms with Crippen LogP contribution in [0.5, 0.6) is 0 Å². The number of amides is 2. The zero-order chi connectivity index (χ0) is 13.2. The summed E-state index contributed by atoms with van der Waals surface area (Å²) in [6.45, 7) is 4.89. The topological polar surface area (TPSA) is 62.3 Å². The summed E-state index contributed by atoms with van der Waals surface area (Å²) in [7, 11) is 0. The van der Waals surface area contributed by atoms with Crippen molar-refractivity contribution < 1.29 is 9.59 Å². The van der Waals surface area contributed by atoms with Crippen LogP contribution < -0.4 is 5.32 Å². The molecule has 0 bridgehead atoms. The highest BCUT2D eigenvalue weighted by molar-refractivity contribution is 7.07. The SMILES string of the molecule is CCCC1(C)C(=O)NCCN1C(=O)c1cscn1. The van der Waals surface area contributed by atoms with Gasteiger partial charge in [-0.2, -0.15) is 0 Å². The molecular formula is C12H17N3O2S. The van der Waals surface area contributed by atoms with Crippen molar-refractivity contribution in [2.24, 2.45) is 0 Å². The number of carbonyl (C=O) groups excluding carboxylic acids is 2. The van der Waals surface area contributed by atoms with E-state index < -0.39 is 5.54 Å². The quantitative estimate of drug-likeness (QED) is 0.897. The molecule has 0 spiro atoms. The Morgan fingerprint density at radius 1 is 1.67 bits per heavy atom. The maximum atomic E-state index is 12.4. The van der Waals surface area contributed by atoms with E-state index in [4.69, 9.17) is 0 Å². The van der Waals surface area contributed by atoms with Gasteiger partial charge in [-0.15, -0.1) is 11.3 Å². The van der Waals surface area contributed by atoms with Gasteiger partial charge in [0, 0.05) is 18.5 Å². The molecule has 1 aromatic heterocycles. The van der Waals surface area contributed by atoms with Crippen LogP contribution in [0.25, 0.3) is 0 Å². The third-order valence-electron chi connectivity index (χ3n) is 3.34. The van der Waals surface area contributed by atoms with Crippen molar-refractivity contribution in [1.29, 1.82) is 0 Å². The van der Waals surface area contributed by atoms with Crippen molar-refractivity contribution in [3.05, 3.63) is 16.6 Å². The zero-order valence-corrected chi connectivity index (χ0v) is 11.4. The summed E-state index contributed by atoms with van der Waals surface area (Å²) in [4.78, 5) is 30.1. The van der Waals surface area contributed by atoms with Crippen molar-refractivity contribution in [3.63, 3.8) is 0 Å². The number of rotatable bonds is 3. The Labute approximate surface area is 110 Å². The molecule has 1 N–H and O–H groups in total. The minimum absolute atomic E-state index is 0.0702. The molecule has 1 aromatic rings. The largest absolute Gasteiger partial charge is 0.352 e. The highest BCUT2D eigenvalue weighted by Crippen LogP contribution is 2.26. The smallest absolute Gasteiger partial charge is 0.274 e. The summed E-state index contributed by atoms with van der Waals surface area (Å²) in [6, 6.07) is 0. The average molecular weight is 267 g/mol. The zero-order valence-electron chi connectivity index (χ0n) is 10.6. The molecular weight excluding hydrogens is 250 g/mol. The average Bonchev–Trinajstić information content (AvgIpc) is 2.86. The number of hydrogen-bond acceptors (Lipinski definition) is 4. The van der Waals surface area contributed by atoms with Crippen molar-refractivity contribution in [3.8, 4) is 0 Å². The fourth-order valence-corrected chi connectivity index (χ4v) is 2.88. The molecule has 2 heterocycles. The van der Waals surface area contributed by atoms with Crippen molar-refractivity contribution >= 4 is 23.2 Å². The van der Waals surface area contributed by atoms with E-state index in [0.717, 1.165) is 6.42 Å². The van der Waals surface area contributed by atoms with E-state index in [0.29, 0.717) is 25.2 Å². The summed E-state index contributed by atoms with van der Waals surface area (Å²) in [5.41, 5.74) is 1.30. The van der Waals surface area contributed by atoms with Crippen LogP contribution in [0.4, 0.5) is 0 Å². The Bertz CT molecular complexity index is 446. The van der Waals surface area contributed by atoms with E-state index >= 15 is 0 Å². The fraction of sp³-hybridized carbons (Fsp3) is 0.583. The Hall–Kier alpha value is -1.43. The normalized spacial score (nSPS) is 23.9. The first-order chi connectivity index (χ1) is 8.59. The van der Waals surface area contributed by atoms with Crippen molar-refractivity contribution in [2.75, 3.05) is 13.1 Å². The van der Waals surface area contributed by atoms with Crippen LogP contribution in [-0.4, -0.2) is 40.3 Å². The molecule has 1 unspecified atom stereocenters. The second-order valence-electron chi connectivity index (χ2n) is 4.61. The third-order valence-corrected chi connectivity index (χ3v) is 3.93. The molecule has 18 heavy (non-hydrogen) atoms. The monoisotopic (exact) mass is 267 g/mol. The molecule has 1 aliphatic rings. The minimum Gasteiger partial charge on any atom is -0.352 e. The number of carbonyl (C=O) groups is 2. The standard InChI is InChI=1S/C12H17N3O2S/c1-3-4-12(2)11(17)13-5-6-15(12)10(16)9-7-18-8-14-9/h7-8H,3-6H2,1-2H3,(H,13,17). The molecule has 0 radical (unpaired) electrons. The summed E-state index contributed by atoms with van der Waals surface area (Å²) < 4.78 is 0. The lowest BCUT2D eigenvalue weighted by Gasteiger charge is -2.43. The van der Waals surface area contributed by atoms with Crippen LogP contribution in [-0.2, 0) is 4.79 Å². The molecule has 1 atom stereocenters. The first kappa shape index (κ1) is 13.0. The highest BCUT2D eigenvalue weighted by atomic mass is 32.1. The van der Waals surface area contributed by atoms with Gasteiger partial charge in [-0.1, -0.05) is 13.3 Å². The van der Waals surface area contributed by atoms with Gasteiger partial charge in [-0.3, -0.25) is 9.59 Å². The van der Waals surface area contributed by atoms with Crippen molar-refractivity contribution in [1.82, 2.24) is 15.2 Å². The van der Waals surface area contributed by atoms with E-state index in [9.17, 15) is 9.59 Å². The van der Waals surface area contributed by atoms with Gasteiger partial charge in [0.05, 0.1) is 5.51 Å². The van der Waals surface area contributed by atoms with E-state index in [2.05, 4.69) is 10.3 Å². The van der Waals surface area contributed by atoms with E-state index in [1.807, 2.05) is 13.8 Å². The second-order valence-corrected chi connectivity index (χ2v) is 5.33. The van der Waals surface area contributed by atoms with Crippen LogP contribution in [0.1, 0.15) is 37.2 Å². The lowest BCUT2D eigenvalue weighted by Crippen LogP contribution is -2.64. The molecule has 1 aliphatic heterocycles. The molecule has 2 amide bonds. The van der Waals surface area contributed by atoms with Crippen LogP contribution in [0.2, 0.25) is 0 Å². The Kier molecular flexibility index (Phi) is 3.65. The molecule has 98 valence electrons. The number of thiazole rings is 1. The maximum Gasteiger partial charge on any atom is 0.274 e. The number of nitrogens with one attached hydrogen (secondary N) is 1. The Morgan fingerprint density at radius 2 is 2.44 bits per heavy atom. The molecule has 1 saturated heterocycles. The predicted octanol–water partition coefficient (Wildman–Crippen LogP) is 1.27. The van der Waals surface area contributed by atoms with Gasteiger partial charge in [0.1, 0.15) is 11.2 Å². The summed E-state index contributed by atoms with van der Waals surface area (Å²) in [5, 5.41) is 4.56. The van der Waals surface area contributed by atoms with Gasteiger partial charge in [0.15, 0.2) is 0 Å². The van der Waals surface area contributed by atoms with E-state index in [1.54, 1.807) is 15.8 Å². The van der Waals surface area contributed by atoms with Crippen LogP contribution >= 0.6 is 11.3 Å². The molecule has 0 aliphatic carbocycles. The van der Waals surface area contributed by atoms with Crippen molar-refractivity contribution in [2.45, 2.75) is 32.2 Å². The van der Waals surface area contributed by atoms with Gasteiger partial charge in [0.2, 0.25) is 5.91 Å². The first-order valence-electron chi connectivity index (χ1n) is 6.08. The lowest BCUT2D eigenvalue weighted by molar-refractivity contribution is -0.134. The lowest BCUT2D eigenvalue weighted by atomic mass is 9.90. The molecule has 0 aromatic carbocycles. The number of hydrogen-bond donors (Lipinski definition) is 1. The number of nitrogens with zero attached hydrogens (tertiary/aromatic N) is 2. The Morgan fingerprint density at radius 3 is 3.06 bits per heavy atom. The summed E-state index contributed by atoms with van der Waals surface area (Å²) >= 11 is 1.39. The van der Waals surface area contributed by atoms with Crippen LogP contribution in [0.15, 0.2) is 10.9 Å². The maximum absolute atomic E-state index is 12.4. The van der Waals surface area contributed by atoms with Crippen LogP contribution in [0.3, 0.4) is 0 Å². The third kappa shape index (κ3) is 2.12. The molecule has 5 nitrogen and oxygen atoms in total. The molecule has 2 rings (SSSR count). The summed E-state index contributed by atoms with van der Waals surface area (Å²) in [5.74, 6) is -0.221. The van der Waals surface area contributed by atoms with Gasteiger partial charge < -0.3 is 10.2 Å². The van der Waals surface area contributed by atoms with Gasteiger partial charge in [-0.05, 0) is 13.3 Å². The molecule has 0 saturated carbocycles. The molecule has 6 heteroatoms. The van der Waals surface area contributed by atoms with Crippen LogP contribution in [0, 0.1) is 0 Å². The second kappa shape index (κ2) is 5.06. The fourth-order valence-electron chi connectivity index (χ4n) is 2.36. The highest BCUT2D eigenvalue weighted by Gasteiger charge is 2.44. The van der Waals surface area contributed by atoms with E-state index in [1.165, 1.54) is 11.3 Å². The minimum atomic E-state index is -0.756.